The highest BCUT2D eigenvalue weighted by Crippen LogP contribution is 2.32. The van der Waals surface area contributed by atoms with E-state index in [1.165, 1.54) is 11.1 Å². The van der Waals surface area contributed by atoms with Crippen LogP contribution in [-0.4, -0.2) is 41.7 Å². The Morgan fingerprint density at radius 1 is 1.12 bits per heavy atom. The molecule has 0 unspecified atom stereocenters. The number of aliphatic hydroxyl groups excluding tert-OH is 1. The Balaban J connectivity index is 2.03. The minimum Gasteiger partial charge on any atom is -0.392 e. The second kappa shape index (κ2) is 7.45. The molecule has 1 fully saturated rings. The normalized spacial score (nSPS) is 14.5. The lowest BCUT2D eigenvalue weighted by Crippen LogP contribution is -2.35. The van der Waals surface area contributed by atoms with Gasteiger partial charge in [0.05, 0.1) is 6.61 Å². The van der Waals surface area contributed by atoms with Crippen LogP contribution in [0.1, 0.15) is 29.5 Å². The fourth-order valence-electron chi connectivity index (χ4n) is 3.23. The van der Waals surface area contributed by atoms with Gasteiger partial charge in [0.15, 0.2) is 5.81 Å². The molecular weight excluding hydrogens is 299 g/mol. The smallest absolute Gasteiger partial charge is 0.215 e. The lowest BCUT2D eigenvalue weighted by molar-refractivity contribution is 0.217. The van der Waals surface area contributed by atoms with Crippen LogP contribution in [0.2, 0.25) is 0 Å². The van der Waals surface area contributed by atoms with Crippen molar-refractivity contribution < 1.29 is 9.90 Å². The first-order chi connectivity index (χ1) is 11.7. The molecular formula is C19H21BN2O2. The van der Waals surface area contributed by atoms with Gasteiger partial charge in [-0.2, -0.15) is 0 Å². The third-order valence-electron chi connectivity index (χ3n) is 4.49. The number of hydrogen-bond acceptors (Lipinski definition) is 3. The minimum absolute atomic E-state index is 0.0175. The van der Waals surface area contributed by atoms with Gasteiger partial charge < -0.3 is 10.0 Å². The molecule has 3 rings (SSSR count). The van der Waals surface area contributed by atoms with Gasteiger partial charge in [-0.3, -0.25) is 9.78 Å². The number of likely N-dealkylation sites (tertiary alicyclic amines) is 1. The van der Waals surface area contributed by atoms with Gasteiger partial charge in [-0.15, -0.1) is 0 Å². The number of hydrogen-bond donors (Lipinski definition) is 1. The van der Waals surface area contributed by atoms with E-state index in [-0.39, 0.29) is 12.4 Å². The standard InChI is InChI=1S/C19H21BN2O2/c20-19(24)22-8-6-16(7-9-22)18(15-4-2-1-3-5-15)17-10-14(13-23)11-21-12-17/h1-5,10-12,23H,6-9,13,20H2. The molecule has 1 amide bonds. The average Bonchev–Trinajstić information content (AvgIpc) is 2.63. The monoisotopic (exact) mass is 320 g/mol. The van der Waals surface area contributed by atoms with Crippen molar-refractivity contribution in [2.45, 2.75) is 19.4 Å². The van der Waals surface area contributed by atoms with Gasteiger partial charge in [-0.25, -0.2) is 0 Å². The molecule has 1 aromatic carbocycles. The zero-order valence-corrected chi connectivity index (χ0v) is 13.9. The number of carbonyl (C=O) groups is 1. The van der Waals surface area contributed by atoms with Crippen molar-refractivity contribution in [3.8, 4) is 0 Å². The number of carbonyl (C=O) groups excluding carboxylic acids is 1. The van der Waals surface area contributed by atoms with Crippen LogP contribution in [0, 0.1) is 0 Å². The van der Waals surface area contributed by atoms with E-state index >= 15 is 0 Å². The average molecular weight is 320 g/mol. The Morgan fingerprint density at radius 3 is 2.46 bits per heavy atom. The highest BCUT2D eigenvalue weighted by atomic mass is 16.3. The van der Waals surface area contributed by atoms with Gasteiger partial charge >= 0.3 is 0 Å². The summed E-state index contributed by atoms with van der Waals surface area (Å²) >= 11 is 0. The zero-order valence-electron chi connectivity index (χ0n) is 13.9. The molecule has 122 valence electrons. The molecule has 0 bridgehead atoms. The second-order valence-corrected chi connectivity index (χ2v) is 6.09. The minimum atomic E-state index is -0.0175. The molecule has 0 spiro atoms. The van der Waals surface area contributed by atoms with E-state index in [9.17, 15) is 9.90 Å². The van der Waals surface area contributed by atoms with E-state index in [0.717, 1.165) is 42.6 Å². The Kier molecular flexibility index (Phi) is 5.11. The summed E-state index contributed by atoms with van der Waals surface area (Å²) in [6.07, 6.45) is 5.28. The molecule has 2 heterocycles. The van der Waals surface area contributed by atoms with E-state index in [0.29, 0.717) is 0 Å². The molecule has 2 aromatic rings. The van der Waals surface area contributed by atoms with Crippen molar-refractivity contribution in [1.29, 1.82) is 0 Å². The lowest BCUT2D eigenvalue weighted by Gasteiger charge is -2.29. The SMILES string of the molecule is BC(=O)N1CCC(=C(c2ccccc2)c2cncc(CO)c2)CC1. The third-order valence-corrected chi connectivity index (χ3v) is 4.49. The topological polar surface area (TPSA) is 53.4 Å². The van der Waals surface area contributed by atoms with Gasteiger partial charge in [0.1, 0.15) is 0 Å². The first-order valence-electron chi connectivity index (χ1n) is 8.27. The Labute approximate surface area is 143 Å². The van der Waals surface area contributed by atoms with Crippen molar-refractivity contribution >= 4 is 19.2 Å². The number of nitrogens with zero attached hydrogens (tertiary/aromatic N) is 2. The largest absolute Gasteiger partial charge is 0.392 e. The summed E-state index contributed by atoms with van der Waals surface area (Å²) in [5.41, 5.74) is 5.51. The van der Waals surface area contributed by atoms with Crippen LogP contribution in [-0.2, 0) is 6.61 Å². The van der Waals surface area contributed by atoms with Crippen molar-refractivity contribution in [2.24, 2.45) is 0 Å². The van der Waals surface area contributed by atoms with Crippen LogP contribution >= 0.6 is 0 Å². The number of rotatable bonds is 3. The lowest BCUT2D eigenvalue weighted by atomic mass is 9.88. The summed E-state index contributed by atoms with van der Waals surface area (Å²) in [5, 5.41) is 9.42. The molecule has 5 heteroatoms. The van der Waals surface area contributed by atoms with E-state index in [1.807, 2.05) is 35.4 Å². The predicted molar refractivity (Wildman–Crippen MR) is 97.4 cm³/mol. The molecule has 24 heavy (non-hydrogen) atoms. The molecule has 1 aliphatic heterocycles. The van der Waals surface area contributed by atoms with E-state index in [4.69, 9.17) is 0 Å². The first-order valence-corrected chi connectivity index (χ1v) is 8.27. The maximum atomic E-state index is 11.6. The van der Waals surface area contributed by atoms with Gasteiger partial charge in [-0.1, -0.05) is 35.9 Å². The molecule has 1 saturated heterocycles. The van der Waals surface area contributed by atoms with Gasteiger partial charge in [0, 0.05) is 31.0 Å². The number of pyridine rings is 1. The summed E-state index contributed by atoms with van der Waals surface area (Å²) in [6.45, 7) is 1.50. The van der Waals surface area contributed by atoms with Gasteiger partial charge in [0.25, 0.3) is 0 Å². The summed E-state index contributed by atoms with van der Waals surface area (Å²) < 4.78 is 0. The number of aliphatic hydroxyl groups is 1. The van der Waals surface area contributed by atoms with Crippen molar-refractivity contribution in [3.63, 3.8) is 0 Å². The number of aromatic nitrogens is 1. The molecule has 0 saturated carbocycles. The van der Waals surface area contributed by atoms with Gasteiger partial charge in [-0.05, 0) is 35.6 Å². The van der Waals surface area contributed by atoms with Gasteiger partial charge in [0.2, 0.25) is 7.85 Å². The van der Waals surface area contributed by atoms with E-state index < -0.39 is 0 Å². The Bertz CT molecular complexity index is 749. The summed E-state index contributed by atoms with van der Waals surface area (Å²) in [5.74, 6) is 0.138. The maximum absolute atomic E-state index is 11.6. The van der Waals surface area contributed by atoms with Crippen LogP contribution in [0.25, 0.3) is 5.57 Å². The predicted octanol–water partition coefficient (Wildman–Crippen LogP) is 2.22. The molecule has 1 aliphatic rings. The summed E-state index contributed by atoms with van der Waals surface area (Å²) in [6, 6.07) is 12.3. The highest BCUT2D eigenvalue weighted by Gasteiger charge is 2.20. The molecule has 4 nitrogen and oxygen atoms in total. The van der Waals surface area contributed by atoms with Crippen LogP contribution in [0.5, 0.6) is 0 Å². The first kappa shape index (κ1) is 16.5. The maximum Gasteiger partial charge on any atom is 0.215 e. The molecule has 0 atom stereocenters. The van der Waals surface area contributed by atoms with Crippen LogP contribution in [0.4, 0.5) is 4.79 Å². The van der Waals surface area contributed by atoms with Crippen LogP contribution < -0.4 is 0 Å². The zero-order chi connectivity index (χ0) is 16.9. The Morgan fingerprint density at radius 2 is 1.83 bits per heavy atom. The summed E-state index contributed by atoms with van der Waals surface area (Å²) in [4.78, 5) is 17.7. The quantitative estimate of drug-likeness (QED) is 0.883. The third kappa shape index (κ3) is 3.57. The summed E-state index contributed by atoms with van der Waals surface area (Å²) in [7, 11) is 1.63. The van der Waals surface area contributed by atoms with Crippen LogP contribution in [0.15, 0.2) is 54.4 Å². The van der Waals surface area contributed by atoms with Crippen molar-refractivity contribution in [1.82, 2.24) is 9.88 Å². The van der Waals surface area contributed by atoms with E-state index in [2.05, 4.69) is 17.1 Å². The van der Waals surface area contributed by atoms with Crippen molar-refractivity contribution in [3.05, 3.63) is 71.1 Å². The number of piperidine rings is 1. The highest BCUT2D eigenvalue weighted by molar-refractivity contribution is 6.56. The Hall–Kier alpha value is -2.40. The molecule has 1 N–H and O–H groups in total. The molecule has 0 radical (unpaired) electrons. The van der Waals surface area contributed by atoms with E-state index in [1.54, 1.807) is 14.0 Å². The fourth-order valence-corrected chi connectivity index (χ4v) is 3.23. The number of amides is 1. The fraction of sp³-hybridized carbons (Fsp3) is 0.263. The van der Waals surface area contributed by atoms with Crippen LogP contribution in [0.3, 0.4) is 0 Å². The molecule has 0 aliphatic carbocycles. The molecule has 1 aromatic heterocycles. The number of benzene rings is 1. The second-order valence-electron chi connectivity index (χ2n) is 6.09. The van der Waals surface area contributed by atoms with Crippen molar-refractivity contribution in [2.75, 3.05) is 13.1 Å².